The number of hydrogen-bond acceptors (Lipinski definition) is 2. The first-order chi connectivity index (χ1) is 8.58. The second-order valence-electron chi connectivity index (χ2n) is 5.78. The highest BCUT2D eigenvalue weighted by molar-refractivity contribution is 5.93. The Balaban J connectivity index is 1.89. The number of ketones is 1. The molecule has 0 saturated heterocycles. The number of carbonyl (C=O) groups is 2. The van der Waals surface area contributed by atoms with Crippen LogP contribution in [0.25, 0.3) is 0 Å². The molecule has 1 amide bonds. The molecule has 0 aromatic heterocycles. The molecule has 1 aliphatic carbocycles. The molecule has 1 fully saturated rings. The van der Waals surface area contributed by atoms with Crippen molar-refractivity contribution < 1.29 is 9.59 Å². The first kappa shape index (κ1) is 13.3. The topological polar surface area (TPSA) is 37.4 Å². The van der Waals surface area contributed by atoms with Gasteiger partial charge in [-0.2, -0.15) is 0 Å². The molecule has 0 N–H and O–H groups in total. The summed E-state index contributed by atoms with van der Waals surface area (Å²) < 4.78 is 0. The maximum atomic E-state index is 12.3. The van der Waals surface area contributed by atoms with E-state index in [0.717, 1.165) is 37.3 Å². The van der Waals surface area contributed by atoms with E-state index >= 15 is 0 Å². The van der Waals surface area contributed by atoms with Crippen molar-refractivity contribution in [2.24, 2.45) is 11.8 Å². The van der Waals surface area contributed by atoms with Crippen LogP contribution in [0.1, 0.15) is 46.0 Å². The lowest BCUT2D eigenvalue weighted by molar-refractivity contribution is -0.136. The van der Waals surface area contributed by atoms with E-state index in [9.17, 15) is 9.59 Å². The largest absolute Gasteiger partial charge is 0.338 e. The Morgan fingerprint density at radius 3 is 2.39 bits per heavy atom. The predicted octanol–water partition coefficient (Wildman–Crippen LogP) is 2.56. The zero-order chi connectivity index (χ0) is 13.1. The van der Waals surface area contributed by atoms with Gasteiger partial charge in [-0.15, -0.1) is 0 Å². The van der Waals surface area contributed by atoms with Crippen molar-refractivity contribution in [2.45, 2.75) is 46.0 Å². The molecule has 2 aliphatic rings. The van der Waals surface area contributed by atoms with Crippen LogP contribution in [-0.2, 0) is 9.59 Å². The zero-order valence-corrected chi connectivity index (χ0v) is 11.4. The van der Waals surface area contributed by atoms with Gasteiger partial charge in [0.05, 0.1) is 0 Å². The van der Waals surface area contributed by atoms with Gasteiger partial charge < -0.3 is 4.90 Å². The molecular formula is C15H23NO2. The highest BCUT2D eigenvalue weighted by atomic mass is 16.2. The molecule has 0 spiro atoms. The first-order valence-electron chi connectivity index (χ1n) is 7.06. The van der Waals surface area contributed by atoms with Crippen LogP contribution in [0.3, 0.4) is 0 Å². The summed E-state index contributed by atoms with van der Waals surface area (Å²) >= 11 is 0. The van der Waals surface area contributed by atoms with Crippen molar-refractivity contribution in [3.8, 4) is 0 Å². The Hall–Kier alpha value is -1.12. The van der Waals surface area contributed by atoms with E-state index in [0.29, 0.717) is 12.5 Å². The lowest BCUT2D eigenvalue weighted by atomic mass is 9.82. The second-order valence-corrected chi connectivity index (χ2v) is 5.78. The summed E-state index contributed by atoms with van der Waals surface area (Å²) in [6.07, 6.45) is 7.09. The molecule has 0 unspecified atom stereocenters. The minimum Gasteiger partial charge on any atom is -0.338 e. The van der Waals surface area contributed by atoms with E-state index in [-0.39, 0.29) is 11.7 Å². The van der Waals surface area contributed by atoms with Crippen molar-refractivity contribution >= 4 is 11.7 Å². The van der Waals surface area contributed by atoms with Crippen molar-refractivity contribution in [3.05, 3.63) is 11.6 Å². The fraction of sp³-hybridized carbons (Fsp3) is 0.733. The standard InChI is InChI=1S/C15H23NO2/c1-11-3-5-14(6-4-11)15(18)16-9-7-13(8-10-16)12(2)17/h7,11,14H,3-6,8-10H2,1-2H3. The number of nitrogens with zero attached hydrogens (tertiary/aromatic N) is 1. The van der Waals surface area contributed by atoms with E-state index in [1.165, 1.54) is 12.8 Å². The molecule has 100 valence electrons. The molecule has 3 heteroatoms. The zero-order valence-electron chi connectivity index (χ0n) is 11.4. The molecule has 3 nitrogen and oxygen atoms in total. The molecular weight excluding hydrogens is 226 g/mol. The molecule has 1 aliphatic heterocycles. The van der Waals surface area contributed by atoms with Gasteiger partial charge in [-0.25, -0.2) is 0 Å². The van der Waals surface area contributed by atoms with Gasteiger partial charge in [-0.05, 0) is 50.5 Å². The monoisotopic (exact) mass is 249 g/mol. The third-order valence-electron chi connectivity index (χ3n) is 4.34. The molecule has 0 aromatic carbocycles. The van der Waals surface area contributed by atoms with Crippen LogP contribution in [0.5, 0.6) is 0 Å². The van der Waals surface area contributed by atoms with Crippen LogP contribution < -0.4 is 0 Å². The fourth-order valence-electron chi connectivity index (χ4n) is 2.95. The van der Waals surface area contributed by atoms with Crippen LogP contribution >= 0.6 is 0 Å². The summed E-state index contributed by atoms with van der Waals surface area (Å²) in [7, 11) is 0. The molecule has 18 heavy (non-hydrogen) atoms. The van der Waals surface area contributed by atoms with Crippen LogP contribution in [0.2, 0.25) is 0 Å². The Bertz CT molecular complexity index is 365. The van der Waals surface area contributed by atoms with E-state index in [4.69, 9.17) is 0 Å². The lowest BCUT2D eigenvalue weighted by Gasteiger charge is -2.32. The van der Waals surface area contributed by atoms with Crippen LogP contribution in [-0.4, -0.2) is 29.7 Å². The maximum absolute atomic E-state index is 12.3. The van der Waals surface area contributed by atoms with Gasteiger partial charge in [0.15, 0.2) is 5.78 Å². The van der Waals surface area contributed by atoms with Crippen LogP contribution in [0, 0.1) is 11.8 Å². The summed E-state index contributed by atoms with van der Waals surface area (Å²) in [5.41, 5.74) is 0.885. The highest BCUT2D eigenvalue weighted by Crippen LogP contribution is 2.30. The van der Waals surface area contributed by atoms with Crippen molar-refractivity contribution in [1.29, 1.82) is 0 Å². The van der Waals surface area contributed by atoms with Crippen molar-refractivity contribution in [2.75, 3.05) is 13.1 Å². The van der Waals surface area contributed by atoms with Gasteiger partial charge >= 0.3 is 0 Å². The van der Waals surface area contributed by atoms with E-state index in [2.05, 4.69) is 6.92 Å². The van der Waals surface area contributed by atoms with Crippen LogP contribution in [0.15, 0.2) is 11.6 Å². The summed E-state index contributed by atoms with van der Waals surface area (Å²) in [6, 6.07) is 0. The smallest absolute Gasteiger partial charge is 0.225 e. The average Bonchev–Trinajstić information content (AvgIpc) is 2.39. The fourth-order valence-corrected chi connectivity index (χ4v) is 2.95. The molecule has 1 saturated carbocycles. The Labute approximate surface area is 109 Å². The predicted molar refractivity (Wildman–Crippen MR) is 71.1 cm³/mol. The van der Waals surface area contributed by atoms with E-state index in [1.54, 1.807) is 6.92 Å². The van der Waals surface area contributed by atoms with Gasteiger partial charge in [0.25, 0.3) is 0 Å². The molecule has 0 aromatic rings. The van der Waals surface area contributed by atoms with Gasteiger partial charge in [0, 0.05) is 19.0 Å². The SMILES string of the molecule is CC(=O)C1=CCN(C(=O)C2CCC(C)CC2)CC1. The van der Waals surface area contributed by atoms with Gasteiger partial charge in [0.2, 0.25) is 5.91 Å². The summed E-state index contributed by atoms with van der Waals surface area (Å²) in [5, 5.41) is 0. The van der Waals surface area contributed by atoms with Gasteiger partial charge in [0.1, 0.15) is 0 Å². The van der Waals surface area contributed by atoms with E-state index in [1.807, 2.05) is 11.0 Å². The summed E-state index contributed by atoms with van der Waals surface area (Å²) in [4.78, 5) is 25.5. The van der Waals surface area contributed by atoms with Gasteiger partial charge in [-0.3, -0.25) is 9.59 Å². The first-order valence-corrected chi connectivity index (χ1v) is 7.06. The molecule has 1 heterocycles. The normalized spacial score (nSPS) is 28.8. The number of Topliss-reactive ketones (excluding diaryl/α,β-unsaturated/α-hetero) is 1. The Morgan fingerprint density at radius 1 is 1.22 bits per heavy atom. The number of carbonyl (C=O) groups excluding carboxylic acids is 2. The maximum Gasteiger partial charge on any atom is 0.225 e. The third-order valence-corrected chi connectivity index (χ3v) is 4.34. The Kier molecular flexibility index (Phi) is 4.20. The quantitative estimate of drug-likeness (QED) is 0.754. The molecule has 0 atom stereocenters. The van der Waals surface area contributed by atoms with Crippen molar-refractivity contribution in [1.82, 2.24) is 4.90 Å². The average molecular weight is 249 g/mol. The van der Waals surface area contributed by atoms with Crippen LogP contribution in [0.4, 0.5) is 0 Å². The second kappa shape index (κ2) is 5.68. The third kappa shape index (κ3) is 3.01. The molecule has 2 rings (SSSR count). The summed E-state index contributed by atoms with van der Waals surface area (Å²) in [5.74, 6) is 1.46. The summed E-state index contributed by atoms with van der Waals surface area (Å²) in [6.45, 7) is 5.21. The molecule has 0 radical (unpaired) electrons. The Morgan fingerprint density at radius 2 is 1.89 bits per heavy atom. The lowest BCUT2D eigenvalue weighted by Crippen LogP contribution is -2.40. The minimum atomic E-state index is 0.147. The van der Waals surface area contributed by atoms with Gasteiger partial charge in [-0.1, -0.05) is 13.0 Å². The number of rotatable bonds is 2. The number of amides is 1. The minimum absolute atomic E-state index is 0.147. The van der Waals surface area contributed by atoms with E-state index < -0.39 is 0 Å². The highest BCUT2D eigenvalue weighted by Gasteiger charge is 2.29. The number of hydrogen-bond donors (Lipinski definition) is 0. The van der Waals surface area contributed by atoms with Crippen molar-refractivity contribution in [3.63, 3.8) is 0 Å². The molecule has 0 bridgehead atoms.